The minimum absolute atomic E-state index is 0.498. The van der Waals surface area contributed by atoms with Gasteiger partial charge in [-0.25, -0.2) is 9.97 Å². The molecule has 1 heterocycles. The summed E-state index contributed by atoms with van der Waals surface area (Å²) in [6, 6.07) is 0.498. The third-order valence-corrected chi connectivity index (χ3v) is 3.34. The number of thioether (sulfide) groups is 1. The van der Waals surface area contributed by atoms with E-state index in [0.717, 1.165) is 23.0 Å². The summed E-state index contributed by atoms with van der Waals surface area (Å²) in [6.45, 7) is 7.34. The van der Waals surface area contributed by atoms with E-state index in [9.17, 15) is 0 Å². The molecule has 0 spiro atoms. The normalized spacial score (nSPS) is 11.1. The lowest BCUT2D eigenvalue weighted by Crippen LogP contribution is -2.21. The van der Waals surface area contributed by atoms with Gasteiger partial charge in [-0.05, 0) is 6.42 Å². The van der Waals surface area contributed by atoms with Gasteiger partial charge in [-0.2, -0.15) is 0 Å². The molecular weight excluding hydrogens is 230 g/mol. The first-order chi connectivity index (χ1) is 8.22. The van der Waals surface area contributed by atoms with Crippen LogP contribution < -0.4 is 5.32 Å². The molecule has 1 aromatic rings. The van der Waals surface area contributed by atoms with Crippen LogP contribution in [-0.2, 0) is 6.54 Å². The molecule has 0 saturated carbocycles. The van der Waals surface area contributed by atoms with Crippen LogP contribution in [-0.4, -0.2) is 21.8 Å². The van der Waals surface area contributed by atoms with Crippen LogP contribution in [0.2, 0.25) is 0 Å². The maximum atomic E-state index is 4.37. The molecule has 0 aromatic carbocycles. The van der Waals surface area contributed by atoms with Crippen LogP contribution in [0.5, 0.6) is 0 Å². The Labute approximate surface area is 109 Å². The summed E-state index contributed by atoms with van der Waals surface area (Å²) in [5, 5.41) is 4.25. The number of nitrogens with zero attached hydrogens (tertiary/aromatic N) is 2. The van der Waals surface area contributed by atoms with Gasteiger partial charge in [0.2, 0.25) is 0 Å². The molecule has 0 aliphatic heterocycles. The zero-order valence-corrected chi connectivity index (χ0v) is 11.9. The minimum Gasteiger partial charge on any atom is -0.310 e. The first-order valence-electron chi connectivity index (χ1n) is 6.39. The SMILES string of the molecule is CCCCCSc1ncc(CNC(C)C)cn1. The number of hydrogen-bond acceptors (Lipinski definition) is 4. The summed E-state index contributed by atoms with van der Waals surface area (Å²) < 4.78 is 0. The highest BCUT2D eigenvalue weighted by Gasteiger charge is 1.99. The van der Waals surface area contributed by atoms with E-state index in [1.54, 1.807) is 11.8 Å². The van der Waals surface area contributed by atoms with Crippen molar-refractivity contribution in [2.24, 2.45) is 0 Å². The molecule has 0 amide bonds. The van der Waals surface area contributed by atoms with E-state index < -0.39 is 0 Å². The fraction of sp³-hybridized carbons (Fsp3) is 0.692. The first-order valence-corrected chi connectivity index (χ1v) is 7.38. The molecular formula is C13H23N3S. The number of unbranched alkanes of at least 4 members (excludes halogenated alkanes) is 2. The molecule has 1 rings (SSSR count). The molecule has 0 radical (unpaired) electrons. The van der Waals surface area contributed by atoms with E-state index in [1.165, 1.54) is 19.3 Å². The van der Waals surface area contributed by atoms with Crippen molar-refractivity contribution in [2.45, 2.75) is 57.8 Å². The monoisotopic (exact) mass is 253 g/mol. The second kappa shape index (κ2) is 8.48. The Morgan fingerprint density at radius 3 is 2.53 bits per heavy atom. The van der Waals surface area contributed by atoms with E-state index in [-0.39, 0.29) is 0 Å². The average Bonchev–Trinajstić information content (AvgIpc) is 2.33. The average molecular weight is 253 g/mol. The summed E-state index contributed by atoms with van der Waals surface area (Å²) >= 11 is 1.75. The highest BCUT2D eigenvalue weighted by atomic mass is 32.2. The molecule has 4 heteroatoms. The van der Waals surface area contributed by atoms with Crippen molar-refractivity contribution in [3.63, 3.8) is 0 Å². The van der Waals surface area contributed by atoms with Gasteiger partial charge in [0, 0.05) is 36.3 Å². The lowest BCUT2D eigenvalue weighted by Gasteiger charge is -2.07. The molecule has 0 bridgehead atoms. The van der Waals surface area contributed by atoms with Gasteiger partial charge in [0.15, 0.2) is 5.16 Å². The van der Waals surface area contributed by atoms with Crippen molar-refractivity contribution in [1.82, 2.24) is 15.3 Å². The van der Waals surface area contributed by atoms with Gasteiger partial charge >= 0.3 is 0 Å². The van der Waals surface area contributed by atoms with Gasteiger partial charge in [0.25, 0.3) is 0 Å². The third-order valence-electron chi connectivity index (χ3n) is 2.38. The van der Waals surface area contributed by atoms with Crippen LogP contribution in [0, 0.1) is 0 Å². The Kier molecular flexibility index (Phi) is 7.21. The predicted molar refractivity (Wildman–Crippen MR) is 74.3 cm³/mol. The molecule has 3 nitrogen and oxygen atoms in total. The molecule has 0 saturated heterocycles. The van der Waals surface area contributed by atoms with Crippen LogP contribution in [0.3, 0.4) is 0 Å². The Morgan fingerprint density at radius 1 is 1.24 bits per heavy atom. The lowest BCUT2D eigenvalue weighted by molar-refractivity contribution is 0.585. The molecule has 96 valence electrons. The number of rotatable bonds is 8. The molecule has 0 atom stereocenters. The second-order valence-electron chi connectivity index (χ2n) is 4.47. The Hall–Kier alpha value is -0.610. The quantitative estimate of drug-likeness (QED) is 0.438. The number of hydrogen-bond donors (Lipinski definition) is 1. The van der Waals surface area contributed by atoms with E-state index >= 15 is 0 Å². The highest BCUT2D eigenvalue weighted by Crippen LogP contribution is 2.14. The second-order valence-corrected chi connectivity index (χ2v) is 5.53. The molecule has 17 heavy (non-hydrogen) atoms. The van der Waals surface area contributed by atoms with Crippen molar-refractivity contribution in [1.29, 1.82) is 0 Å². The highest BCUT2D eigenvalue weighted by molar-refractivity contribution is 7.99. The smallest absolute Gasteiger partial charge is 0.187 e. The van der Waals surface area contributed by atoms with E-state index in [4.69, 9.17) is 0 Å². The van der Waals surface area contributed by atoms with Crippen LogP contribution in [0.25, 0.3) is 0 Å². The van der Waals surface area contributed by atoms with E-state index in [1.807, 2.05) is 12.4 Å². The number of nitrogens with one attached hydrogen (secondary N) is 1. The first kappa shape index (κ1) is 14.5. The lowest BCUT2D eigenvalue weighted by atomic mass is 10.3. The van der Waals surface area contributed by atoms with Crippen molar-refractivity contribution in [3.8, 4) is 0 Å². The zero-order chi connectivity index (χ0) is 12.5. The summed E-state index contributed by atoms with van der Waals surface area (Å²) in [4.78, 5) is 8.73. The molecule has 0 aliphatic carbocycles. The predicted octanol–water partition coefficient (Wildman–Crippen LogP) is 3.26. The fourth-order valence-corrected chi connectivity index (χ4v) is 2.13. The summed E-state index contributed by atoms with van der Waals surface area (Å²) in [5.74, 6) is 1.12. The Bertz CT molecular complexity index is 298. The standard InChI is InChI=1S/C13H23N3S/c1-4-5-6-7-17-13-15-9-12(10-16-13)8-14-11(2)3/h9-11,14H,4-8H2,1-3H3. The Morgan fingerprint density at radius 2 is 1.94 bits per heavy atom. The van der Waals surface area contributed by atoms with Crippen LogP contribution in [0.15, 0.2) is 17.6 Å². The summed E-state index contributed by atoms with van der Waals surface area (Å²) in [7, 11) is 0. The maximum absolute atomic E-state index is 4.37. The van der Waals surface area contributed by atoms with Gasteiger partial charge in [0.05, 0.1) is 0 Å². The maximum Gasteiger partial charge on any atom is 0.187 e. The van der Waals surface area contributed by atoms with Gasteiger partial charge in [-0.1, -0.05) is 45.4 Å². The van der Waals surface area contributed by atoms with Crippen LogP contribution in [0.1, 0.15) is 45.6 Å². The topological polar surface area (TPSA) is 37.8 Å². The summed E-state index contributed by atoms with van der Waals surface area (Å²) in [5.41, 5.74) is 1.15. The van der Waals surface area contributed by atoms with Crippen LogP contribution in [0.4, 0.5) is 0 Å². The van der Waals surface area contributed by atoms with Crippen molar-refractivity contribution >= 4 is 11.8 Å². The van der Waals surface area contributed by atoms with Gasteiger partial charge in [0.1, 0.15) is 0 Å². The number of aromatic nitrogens is 2. The van der Waals surface area contributed by atoms with E-state index in [0.29, 0.717) is 6.04 Å². The Balaban J connectivity index is 2.29. The molecule has 0 unspecified atom stereocenters. The molecule has 1 N–H and O–H groups in total. The van der Waals surface area contributed by atoms with Crippen molar-refractivity contribution < 1.29 is 0 Å². The van der Waals surface area contributed by atoms with Crippen molar-refractivity contribution in [3.05, 3.63) is 18.0 Å². The third kappa shape index (κ3) is 6.64. The molecule has 1 aromatic heterocycles. The van der Waals surface area contributed by atoms with Gasteiger partial charge < -0.3 is 5.32 Å². The van der Waals surface area contributed by atoms with E-state index in [2.05, 4.69) is 36.1 Å². The molecule has 0 fully saturated rings. The van der Waals surface area contributed by atoms with Crippen LogP contribution >= 0.6 is 11.8 Å². The van der Waals surface area contributed by atoms with Gasteiger partial charge in [-0.3, -0.25) is 0 Å². The zero-order valence-electron chi connectivity index (χ0n) is 11.1. The summed E-state index contributed by atoms with van der Waals surface area (Å²) in [6.07, 6.45) is 7.65. The largest absolute Gasteiger partial charge is 0.310 e. The fourth-order valence-electron chi connectivity index (χ4n) is 1.35. The minimum atomic E-state index is 0.498. The van der Waals surface area contributed by atoms with Crippen molar-refractivity contribution in [2.75, 3.05) is 5.75 Å². The van der Waals surface area contributed by atoms with Gasteiger partial charge in [-0.15, -0.1) is 0 Å². The molecule has 0 aliphatic rings.